The Bertz CT molecular complexity index is 326. The lowest BCUT2D eigenvalue weighted by Crippen LogP contribution is -2.20. The zero-order chi connectivity index (χ0) is 12.5. The summed E-state index contributed by atoms with van der Waals surface area (Å²) in [5.74, 6) is 0.444. The molecule has 1 N–H and O–H groups in total. The summed E-state index contributed by atoms with van der Waals surface area (Å²) in [7, 11) is 0. The largest absolute Gasteiger partial charge is 0.464 e. The number of esters is 1. The average molecular weight is 237 g/mol. The fraction of sp³-hybridized carbons (Fsp3) is 0.583. The van der Waals surface area contributed by atoms with Crippen molar-refractivity contribution in [1.82, 2.24) is 9.97 Å². The van der Waals surface area contributed by atoms with E-state index in [0.717, 1.165) is 12.8 Å². The molecule has 5 nitrogen and oxygen atoms in total. The number of nitrogens with one attached hydrogen (secondary N) is 1. The number of hydrogen-bond acceptors (Lipinski definition) is 5. The Balaban J connectivity index is 2.18. The minimum absolute atomic E-state index is 0.0166. The molecule has 94 valence electrons. The van der Waals surface area contributed by atoms with Gasteiger partial charge in [0, 0.05) is 12.4 Å². The van der Waals surface area contributed by atoms with E-state index in [4.69, 9.17) is 4.74 Å². The van der Waals surface area contributed by atoms with Crippen LogP contribution in [0.15, 0.2) is 18.5 Å². The molecule has 1 aromatic heterocycles. The molecule has 0 bridgehead atoms. The highest BCUT2D eigenvalue weighted by molar-refractivity contribution is 5.72. The van der Waals surface area contributed by atoms with E-state index in [2.05, 4.69) is 15.3 Å². The summed E-state index contributed by atoms with van der Waals surface area (Å²) in [6, 6.07) is 1.75. The van der Waals surface area contributed by atoms with Crippen LogP contribution in [0.4, 0.5) is 5.95 Å². The molecule has 5 heteroatoms. The number of anilines is 1. The van der Waals surface area contributed by atoms with Gasteiger partial charge < -0.3 is 10.1 Å². The van der Waals surface area contributed by atoms with Gasteiger partial charge in [0.1, 0.15) is 6.61 Å². The third-order valence-corrected chi connectivity index (χ3v) is 2.51. The van der Waals surface area contributed by atoms with Gasteiger partial charge in [-0.2, -0.15) is 0 Å². The van der Waals surface area contributed by atoms with Gasteiger partial charge in [0.15, 0.2) is 0 Å². The van der Waals surface area contributed by atoms with E-state index >= 15 is 0 Å². The van der Waals surface area contributed by atoms with Gasteiger partial charge >= 0.3 is 5.97 Å². The summed E-state index contributed by atoms with van der Waals surface area (Å²) >= 11 is 0. The highest BCUT2D eigenvalue weighted by Gasteiger charge is 2.14. The molecule has 0 aliphatic carbocycles. The zero-order valence-electron chi connectivity index (χ0n) is 10.3. The number of carbonyl (C=O) groups is 1. The van der Waals surface area contributed by atoms with Crippen LogP contribution in [-0.4, -0.2) is 29.1 Å². The molecule has 0 unspecified atom stereocenters. The Morgan fingerprint density at radius 2 is 2.00 bits per heavy atom. The number of ether oxygens (including phenoxy) is 1. The van der Waals surface area contributed by atoms with E-state index in [1.54, 1.807) is 18.5 Å². The Hall–Kier alpha value is -1.65. The van der Waals surface area contributed by atoms with E-state index in [0.29, 0.717) is 19.1 Å². The highest BCUT2D eigenvalue weighted by Crippen LogP contribution is 2.09. The third-order valence-electron chi connectivity index (χ3n) is 2.51. The van der Waals surface area contributed by atoms with Crippen LogP contribution in [0.1, 0.15) is 26.7 Å². The molecular weight excluding hydrogens is 218 g/mol. The topological polar surface area (TPSA) is 64.1 Å². The Morgan fingerprint density at radius 3 is 2.59 bits per heavy atom. The summed E-state index contributed by atoms with van der Waals surface area (Å²) in [4.78, 5) is 19.5. The summed E-state index contributed by atoms with van der Waals surface area (Å²) < 4.78 is 5.15. The van der Waals surface area contributed by atoms with Crippen LogP contribution >= 0.6 is 0 Å². The Morgan fingerprint density at radius 1 is 1.35 bits per heavy atom. The number of aromatic nitrogens is 2. The van der Waals surface area contributed by atoms with E-state index in [-0.39, 0.29) is 11.9 Å². The van der Waals surface area contributed by atoms with Crippen molar-refractivity contribution >= 4 is 11.9 Å². The van der Waals surface area contributed by atoms with Crippen LogP contribution in [0.2, 0.25) is 0 Å². The fourth-order valence-electron chi connectivity index (χ4n) is 1.44. The number of rotatable bonds is 7. The van der Waals surface area contributed by atoms with Crippen molar-refractivity contribution < 1.29 is 9.53 Å². The molecule has 0 fully saturated rings. The van der Waals surface area contributed by atoms with Crippen molar-refractivity contribution in [1.29, 1.82) is 0 Å². The molecule has 0 aromatic carbocycles. The quantitative estimate of drug-likeness (QED) is 0.579. The second-order valence-corrected chi connectivity index (χ2v) is 3.68. The van der Waals surface area contributed by atoms with Crippen LogP contribution in [0.25, 0.3) is 0 Å². The lowest BCUT2D eigenvalue weighted by atomic mass is 10.0. The third kappa shape index (κ3) is 4.80. The van der Waals surface area contributed by atoms with Crippen LogP contribution in [0.3, 0.4) is 0 Å². The lowest BCUT2D eigenvalue weighted by molar-refractivity contribution is -0.148. The lowest BCUT2D eigenvalue weighted by Gasteiger charge is -2.12. The van der Waals surface area contributed by atoms with Crippen molar-refractivity contribution in [3.05, 3.63) is 18.5 Å². The van der Waals surface area contributed by atoms with Crippen molar-refractivity contribution in [2.24, 2.45) is 5.92 Å². The van der Waals surface area contributed by atoms with Crippen molar-refractivity contribution in [3.63, 3.8) is 0 Å². The molecule has 0 amide bonds. The molecular formula is C12H19N3O2. The SMILES string of the molecule is CCC(CC)C(=O)OCCNc1ncccn1. The van der Waals surface area contributed by atoms with Crippen molar-refractivity contribution in [3.8, 4) is 0 Å². The van der Waals surface area contributed by atoms with Crippen LogP contribution in [-0.2, 0) is 9.53 Å². The number of carbonyl (C=O) groups excluding carboxylic acids is 1. The standard InChI is InChI=1S/C12H19N3O2/c1-3-10(4-2)11(16)17-9-8-15-12-13-6-5-7-14-12/h5-7,10H,3-4,8-9H2,1-2H3,(H,13,14,15). The Labute approximate surface area is 102 Å². The summed E-state index contributed by atoms with van der Waals surface area (Å²) in [5.41, 5.74) is 0. The number of nitrogens with zero attached hydrogens (tertiary/aromatic N) is 2. The van der Waals surface area contributed by atoms with Gasteiger partial charge in [-0.05, 0) is 18.9 Å². The van der Waals surface area contributed by atoms with Gasteiger partial charge in [-0.1, -0.05) is 13.8 Å². The van der Waals surface area contributed by atoms with E-state index in [1.165, 1.54) is 0 Å². The predicted octanol–water partition coefficient (Wildman–Crippen LogP) is 1.87. The first-order valence-corrected chi connectivity index (χ1v) is 5.95. The summed E-state index contributed by atoms with van der Waals surface area (Å²) in [6.45, 7) is 4.85. The second kappa shape index (κ2) is 7.60. The molecule has 0 saturated heterocycles. The maximum absolute atomic E-state index is 11.5. The second-order valence-electron chi connectivity index (χ2n) is 3.68. The molecule has 1 rings (SSSR count). The van der Waals surface area contributed by atoms with Gasteiger partial charge in [-0.3, -0.25) is 4.79 Å². The Kier molecular flexibility index (Phi) is 5.99. The van der Waals surface area contributed by atoms with Gasteiger partial charge in [-0.25, -0.2) is 9.97 Å². The predicted molar refractivity (Wildman–Crippen MR) is 65.6 cm³/mol. The van der Waals surface area contributed by atoms with E-state index < -0.39 is 0 Å². The minimum atomic E-state index is -0.120. The minimum Gasteiger partial charge on any atom is -0.464 e. The van der Waals surface area contributed by atoms with Gasteiger partial charge in [0.05, 0.1) is 12.5 Å². The van der Waals surface area contributed by atoms with Gasteiger partial charge in [0.25, 0.3) is 0 Å². The molecule has 17 heavy (non-hydrogen) atoms. The molecule has 1 aromatic rings. The highest BCUT2D eigenvalue weighted by atomic mass is 16.5. The van der Waals surface area contributed by atoms with Crippen LogP contribution < -0.4 is 5.32 Å². The summed E-state index contributed by atoms with van der Waals surface area (Å²) in [5, 5.41) is 2.98. The normalized spacial score (nSPS) is 10.3. The number of hydrogen-bond donors (Lipinski definition) is 1. The molecule has 0 aliphatic rings. The average Bonchev–Trinajstić information content (AvgIpc) is 2.37. The first-order valence-electron chi connectivity index (χ1n) is 5.95. The van der Waals surface area contributed by atoms with Crippen molar-refractivity contribution in [2.75, 3.05) is 18.5 Å². The smallest absolute Gasteiger partial charge is 0.308 e. The molecule has 0 radical (unpaired) electrons. The van der Waals surface area contributed by atoms with E-state index in [9.17, 15) is 4.79 Å². The molecule has 0 aliphatic heterocycles. The maximum Gasteiger partial charge on any atom is 0.308 e. The molecule has 0 spiro atoms. The van der Waals surface area contributed by atoms with Gasteiger partial charge in [-0.15, -0.1) is 0 Å². The first kappa shape index (κ1) is 13.4. The molecule has 0 atom stereocenters. The maximum atomic E-state index is 11.5. The summed E-state index contributed by atoms with van der Waals surface area (Å²) in [6.07, 6.45) is 4.96. The van der Waals surface area contributed by atoms with Crippen LogP contribution in [0.5, 0.6) is 0 Å². The molecule has 1 heterocycles. The van der Waals surface area contributed by atoms with Gasteiger partial charge in [0.2, 0.25) is 5.95 Å². The zero-order valence-corrected chi connectivity index (χ0v) is 10.3. The molecule has 0 saturated carbocycles. The first-order chi connectivity index (χ1) is 8.27. The monoisotopic (exact) mass is 237 g/mol. The van der Waals surface area contributed by atoms with Crippen molar-refractivity contribution in [2.45, 2.75) is 26.7 Å². The fourth-order valence-corrected chi connectivity index (χ4v) is 1.44. The van der Waals surface area contributed by atoms with Crippen LogP contribution in [0, 0.1) is 5.92 Å². The van der Waals surface area contributed by atoms with E-state index in [1.807, 2.05) is 13.8 Å².